The maximum absolute atomic E-state index is 13.7. The van der Waals surface area contributed by atoms with E-state index in [9.17, 15) is 9.90 Å². The molecule has 0 saturated carbocycles. The van der Waals surface area contributed by atoms with Crippen molar-refractivity contribution in [3.8, 4) is 28.4 Å². The summed E-state index contributed by atoms with van der Waals surface area (Å²) in [5.74, 6) is 1.60. The molecule has 0 aliphatic heterocycles. The molecule has 0 fully saturated rings. The summed E-state index contributed by atoms with van der Waals surface area (Å²) < 4.78 is 17.2. The Labute approximate surface area is 222 Å². The largest absolute Gasteiger partial charge is 0.493 e. The Morgan fingerprint density at radius 2 is 1.63 bits per heavy atom. The number of amides is 1. The highest BCUT2D eigenvalue weighted by Gasteiger charge is 2.25. The van der Waals surface area contributed by atoms with Crippen LogP contribution in [0.2, 0.25) is 0 Å². The number of aromatic amines is 1. The molecule has 1 heterocycles. The summed E-state index contributed by atoms with van der Waals surface area (Å²) in [5, 5.41) is 14.3. The minimum absolute atomic E-state index is 0.0975. The van der Waals surface area contributed by atoms with Crippen LogP contribution in [0.3, 0.4) is 0 Å². The van der Waals surface area contributed by atoms with Crippen molar-refractivity contribution in [2.24, 2.45) is 0 Å². The Morgan fingerprint density at radius 1 is 0.974 bits per heavy atom. The SMILES string of the molecule is COc1cc2c(cc1OC)-c1cc(C(=O)N[C@@H](CO)Cc3c[nH]c4ccccc34)c(OC(C)C)cc1CC2. The van der Waals surface area contributed by atoms with E-state index in [4.69, 9.17) is 14.2 Å². The van der Waals surface area contributed by atoms with Crippen molar-refractivity contribution in [1.29, 1.82) is 0 Å². The Kier molecular flexibility index (Phi) is 7.29. The van der Waals surface area contributed by atoms with Gasteiger partial charge in [-0.2, -0.15) is 0 Å². The lowest BCUT2D eigenvalue weighted by Crippen LogP contribution is -2.39. The highest BCUT2D eigenvalue weighted by atomic mass is 16.5. The monoisotopic (exact) mass is 514 g/mol. The third kappa shape index (κ3) is 4.94. The van der Waals surface area contributed by atoms with Gasteiger partial charge in [-0.1, -0.05) is 18.2 Å². The normalized spacial score (nSPS) is 13.1. The number of ether oxygens (including phenoxy) is 3. The fourth-order valence-corrected chi connectivity index (χ4v) is 5.25. The lowest BCUT2D eigenvalue weighted by Gasteiger charge is -2.25. The summed E-state index contributed by atoms with van der Waals surface area (Å²) in [7, 11) is 3.25. The molecule has 1 aliphatic rings. The van der Waals surface area contributed by atoms with Crippen LogP contribution in [0.4, 0.5) is 0 Å². The number of nitrogens with one attached hydrogen (secondary N) is 2. The van der Waals surface area contributed by atoms with Gasteiger partial charge in [0.2, 0.25) is 0 Å². The van der Waals surface area contributed by atoms with Crippen LogP contribution < -0.4 is 19.5 Å². The average molecular weight is 515 g/mol. The zero-order valence-electron chi connectivity index (χ0n) is 22.3. The van der Waals surface area contributed by atoms with E-state index in [1.807, 2.05) is 68.6 Å². The lowest BCUT2D eigenvalue weighted by molar-refractivity contribution is 0.0910. The van der Waals surface area contributed by atoms with Gasteiger partial charge >= 0.3 is 0 Å². The zero-order chi connectivity index (χ0) is 26.8. The van der Waals surface area contributed by atoms with Crippen LogP contribution in [0.25, 0.3) is 22.0 Å². The topological polar surface area (TPSA) is 92.8 Å². The lowest BCUT2D eigenvalue weighted by atomic mass is 9.84. The quantitative estimate of drug-likeness (QED) is 0.290. The molecule has 0 unspecified atom stereocenters. The van der Waals surface area contributed by atoms with Gasteiger partial charge in [-0.3, -0.25) is 4.79 Å². The third-order valence-corrected chi connectivity index (χ3v) is 7.07. The molecular weight excluding hydrogens is 480 g/mol. The number of aliphatic hydroxyl groups excluding tert-OH is 1. The summed E-state index contributed by atoms with van der Waals surface area (Å²) in [6.45, 7) is 3.71. The fraction of sp³-hybridized carbons (Fsp3) is 0.323. The van der Waals surface area contributed by atoms with E-state index in [1.54, 1.807) is 14.2 Å². The predicted octanol–water partition coefficient (Wildman–Crippen LogP) is 5.07. The van der Waals surface area contributed by atoms with Crippen LogP contribution in [0, 0.1) is 0 Å². The molecule has 1 aliphatic carbocycles. The molecule has 0 bridgehead atoms. The first-order valence-electron chi connectivity index (χ1n) is 13.0. The molecular formula is C31H34N2O5. The van der Waals surface area contributed by atoms with Crippen LogP contribution >= 0.6 is 0 Å². The van der Waals surface area contributed by atoms with Gasteiger partial charge < -0.3 is 29.6 Å². The van der Waals surface area contributed by atoms with Crippen molar-refractivity contribution < 1.29 is 24.1 Å². The van der Waals surface area contributed by atoms with Crippen LogP contribution in [0.1, 0.15) is 40.9 Å². The molecule has 5 rings (SSSR count). The van der Waals surface area contributed by atoms with Crippen LogP contribution in [0.15, 0.2) is 54.7 Å². The summed E-state index contributed by atoms with van der Waals surface area (Å²) >= 11 is 0. The first-order valence-corrected chi connectivity index (χ1v) is 13.0. The minimum Gasteiger partial charge on any atom is -0.493 e. The van der Waals surface area contributed by atoms with Crippen LogP contribution in [-0.4, -0.2) is 49.0 Å². The maximum Gasteiger partial charge on any atom is 0.255 e. The van der Waals surface area contributed by atoms with E-state index in [0.717, 1.165) is 51.6 Å². The Balaban J connectivity index is 1.49. The van der Waals surface area contributed by atoms with Gasteiger partial charge in [0.15, 0.2) is 11.5 Å². The number of hydrogen-bond acceptors (Lipinski definition) is 5. The first kappa shape index (κ1) is 25.7. The molecule has 1 amide bonds. The molecule has 4 aromatic rings. The molecule has 1 atom stereocenters. The molecule has 7 nitrogen and oxygen atoms in total. The molecule has 1 aromatic heterocycles. The number of methoxy groups -OCH3 is 2. The number of carbonyl (C=O) groups is 1. The van der Waals surface area contributed by atoms with Crippen molar-refractivity contribution >= 4 is 16.8 Å². The van der Waals surface area contributed by atoms with Gasteiger partial charge in [-0.05, 0) is 91.3 Å². The van der Waals surface area contributed by atoms with Gasteiger partial charge in [-0.25, -0.2) is 0 Å². The Bertz CT molecular complexity index is 1470. The first-order chi connectivity index (χ1) is 18.4. The van der Waals surface area contributed by atoms with Crippen LogP contribution in [0.5, 0.6) is 17.2 Å². The second kappa shape index (κ2) is 10.8. The highest BCUT2D eigenvalue weighted by molar-refractivity contribution is 5.99. The fourth-order valence-electron chi connectivity index (χ4n) is 5.25. The van der Waals surface area contributed by atoms with E-state index < -0.39 is 6.04 Å². The van der Waals surface area contributed by atoms with E-state index in [2.05, 4.69) is 10.3 Å². The molecule has 0 radical (unpaired) electrons. The smallest absolute Gasteiger partial charge is 0.255 e. The number of aromatic nitrogens is 1. The van der Waals surface area contributed by atoms with E-state index >= 15 is 0 Å². The molecule has 3 aromatic carbocycles. The molecule has 0 saturated heterocycles. The van der Waals surface area contributed by atoms with E-state index in [1.165, 1.54) is 0 Å². The molecule has 7 heteroatoms. The predicted molar refractivity (Wildman–Crippen MR) is 148 cm³/mol. The second-order valence-electron chi connectivity index (χ2n) is 9.95. The number of rotatable bonds is 9. The van der Waals surface area contributed by atoms with Crippen molar-refractivity contribution in [3.05, 3.63) is 77.0 Å². The number of hydrogen-bond donors (Lipinski definition) is 3. The number of carbonyl (C=O) groups excluding carboxylic acids is 1. The number of benzene rings is 3. The minimum atomic E-state index is -0.457. The summed E-state index contributed by atoms with van der Waals surface area (Å²) in [4.78, 5) is 16.9. The Hall–Kier alpha value is -3.97. The van der Waals surface area contributed by atoms with Crippen molar-refractivity contribution in [2.45, 2.75) is 45.3 Å². The summed E-state index contributed by atoms with van der Waals surface area (Å²) in [6.07, 6.45) is 4.02. The van der Waals surface area contributed by atoms with E-state index in [-0.39, 0.29) is 18.6 Å². The van der Waals surface area contributed by atoms with Gasteiger partial charge in [0, 0.05) is 17.1 Å². The number of aryl methyl sites for hydroxylation is 2. The van der Waals surface area contributed by atoms with E-state index in [0.29, 0.717) is 29.2 Å². The average Bonchev–Trinajstić information content (AvgIpc) is 3.33. The standard InChI is InChI=1S/C31H34N2O5/c1-18(2)38-28-12-19-9-10-20-13-29(36-3)30(37-4)15-25(20)24(19)14-26(28)31(35)33-22(17-34)11-21-16-32-27-8-6-5-7-23(21)27/h5-8,12-16,18,22,32,34H,9-11,17H2,1-4H3,(H,33,35)/t22-/m1/s1. The maximum atomic E-state index is 13.7. The molecule has 198 valence electrons. The second-order valence-corrected chi connectivity index (χ2v) is 9.95. The Morgan fingerprint density at radius 3 is 2.32 bits per heavy atom. The van der Waals surface area contributed by atoms with Crippen LogP contribution in [-0.2, 0) is 19.3 Å². The van der Waals surface area contributed by atoms with Crippen molar-refractivity contribution in [1.82, 2.24) is 10.3 Å². The zero-order valence-corrected chi connectivity index (χ0v) is 22.3. The summed E-state index contributed by atoms with van der Waals surface area (Å²) in [6, 6.07) is 15.4. The summed E-state index contributed by atoms with van der Waals surface area (Å²) in [5.41, 5.74) is 6.77. The number of fused-ring (bicyclic) bond motifs is 4. The van der Waals surface area contributed by atoms with Gasteiger partial charge in [-0.15, -0.1) is 0 Å². The van der Waals surface area contributed by atoms with Gasteiger partial charge in [0.05, 0.1) is 38.5 Å². The number of para-hydroxylation sites is 1. The number of aliphatic hydroxyl groups is 1. The van der Waals surface area contributed by atoms with Gasteiger partial charge in [0.1, 0.15) is 5.75 Å². The van der Waals surface area contributed by atoms with Crippen molar-refractivity contribution in [3.63, 3.8) is 0 Å². The highest BCUT2D eigenvalue weighted by Crippen LogP contribution is 2.42. The van der Waals surface area contributed by atoms with Crippen molar-refractivity contribution in [2.75, 3.05) is 20.8 Å². The van der Waals surface area contributed by atoms with Gasteiger partial charge in [0.25, 0.3) is 5.91 Å². The molecule has 0 spiro atoms. The molecule has 38 heavy (non-hydrogen) atoms. The number of H-pyrrole nitrogens is 1. The third-order valence-electron chi connectivity index (χ3n) is 7.07. The molecule has 3 N–H and O–H groups in total.